The normalized spacial score (nSPS) is 18.3. The Morgan fingerprint density at radius 3 is 2.42 bits per heavy atom. The fourth-order valence-electron chi connectivity index (χ4n) is 5.17. The van der Waals surface area contributed by atoms with Gasteiger partial charge in [0.2, 0.25) is 11.8 Å². The molecule has 1 aliphatic rings. The minimum Gasteiger partial charge on any atom is -0.476 e. The molecule has 2 unspecified atom stereocenters. The number of carboxylic acid groups (broad SMARTS) is 1. The lowest BCUT2D eigenvalue weighted by molar-refractivity contribution is -0.160. The number of amides is 2. The van der Waals surface area contributed by atoms with E-state index >= 15 is 0 Å². The molecule has 0 saturated carbocycles. The maximum absolute atomic E-state index is 14.4. The van der Waals surface area contributed by atoms with Crippen molar-refractivity contribution < 1.29 is 38.6 Å². The molecular formula is C30H48N4O8S. The van der Waals surface area contributed by atoms with Crippen molar-refractivity contribution >= 4 is 41.1 Å². The van der Waals surface area contributed by atoms with E-state index in [0.29, 0.717) is 19.3 Å². The molecule has 2 N–H and O–H groups in total. The van der Waals surface area contributed by atoms with Crippen molar-refractivity contribution in [3.8, 4) is 0 Å². The molecule has 1 saturated heterocycles. The van der Waals surface area contributed by atoms with Gasteiger partial charge in [-0.05, 0) is 44.7 Å². The Kier molecular flexibility index (Phi) is 14.5. The van der Waals surface area contributed by atoms with Crippen molar-refractivity contribution in [2.45, 2.75) is 111 Å². The Morgan fingerprint density at radius 1 is 1.19 bits per heavy atom. The highest BCUT2D eigenvalue weighted by molar-refractivity contribution is 7.09. The minimum absolute atomic E-state index is 0.0768. The van der Waals surface area contributed by atoms with Crippen molar-refractivity contribution in [3.05, 3.63) is 16.1 Å². The van der Waals surface area contributed by atoms with E-state index in [9.17, 15) is 29.1 Å². The van der Waals surface area contributed by atoms with Crippen LogP contribution in [0.2, 0.25) is 0 Å². The number of thiazole rings is 1. The zero-order valence-electron chi connectivity index (χ0n) is 26.5. The Balaban J connectivity index is 2.48. The second-order valence-electron chi connectivity index (χ2n) is 11.6. The van der Waals surface area contributed by atoms with Crippen LogP contribution in [0.4, 0.5) is 0 Å². The predicted octanol–water partition coefficient (Wildman–Crippen LogP) is 4.00. The smallest absolute Gasteiger partial charge is 0.355 e. The number of esters is 2. The van der Waals surface area contributed by atoms with E-state index in [1.165, 1.54) is 17.2 Å². The molecule has 2 amide bonds. The van der Waals surface area contributed by atoms with Crippen LogP contribution < -0.4 is 5.32 Å². The molecule has 2 heterocycles. The molecule has 1 fully saturated rings. The lowest BCUT2D eigenvalue weighted by Crippen LogP contribution is -2.59. The summed E-state index contributed by atoms with van der Waals surface area (Å²) in [5.41, 5.74) is -0.174. The van der Waals surface area contributed by atoms with E-state index in [0.717, 1.165) is 30.7 Å². The summed E-state index contributed by atoms with van der Waals surface area (Å²) in [5.74, 6) is -3.31. The average Bonchev–Trinajstić information content (AvgIpc) is 3.45. The van der Waals surface area contributed by atoms with Crippen LogP contribution in [-0.2, 0) is 28.7 Å². The van der Waals surface area contributed by atoms with Gasteiger partial charge in [-0.3, -0.25) is 24.1 Å². The summed E-state index contributed by atoms with van der Waals surface area (Å²) in [6, 6.07) is -1.85. The van der Waals surface area contributed by atoms with E-state index in [4.69, 9.17) is 9.47 Å². The zero-order valence-corrected chi connectivity index (χ0v) is 27.3. The molecule has 0 aliphatic carbocycles. The fraction of sp³-hybridized carbons (Fsp3) is 0.733. The number of nitrogens with one attached hydrogen (secondary N) is 1. The summed E-state index contributed by atoms with van der Waals surface area (Å²) in [6.07, 6.45) is 3.14. The summed E-state index contributed by atoms with van der Waals surface area (Å²) < 4.78 is 11.1. The fourth-order valence-corrected chi connectivity index (χ4v) is 6.00. The van der Waals surface area contributed by atoms with Crippen LogP contribution in [0.15, 0.2) is 5.38 Å². The molecule has 43 heavy (non-hydrogen) atoms. The largest absolute Gasteiger partial charge is 0.476 e. The molecule has 2 rings (SSSR count). The monoisotopic (exact) mass is 624 g/mol. The third-order valence-corrected chi connectivity index (χ3v) is 8.84. The molecule has 5 atom stereocenters. The van der Waals surface area contributed by atoms with Gasteiger partial charge in [0, 0.05) is 31.2 Å². The van der Waals surface area contributed by atoms with E-state index < -0.39 is 42.0 Å². The maximum Gasteiger partial charge on any atom is 0.355 e. The van der Waals surface area contributed by atoms with Crippen molar-refractivity contribution in [2.24, 2.45) is 11.8 Å². The number of nitrogens with zero attached hydrogens (tertiary/aromatic N) is 3. The van der Waals surface area contributed by atoms with Gasteiger partial charge in [-0.25, -0.2) is 9.78 Å². The zero-order chi connectivity index (χ0) is 32.3. The summed E-state index contributed by atoms with van der Waals surface area (Å²) >= 11 is 1.05. The lowest BCUT2D eigenvalue weighted by Gasteiger charge is -2.39. The summed E-state index contributed by atoms with van der Waals surface area (Å²) in [4.78, 5) is 71.4. The number of carboxylic acids is 1. The maximum atomic E-state index is 14.4. The standard InChI is InChI=1S/C30H48N4O8S/c1-8-12-25(36)41-17-34(29(38)26(19(5)9-2)32-27(37)22-13-10-11-14-33(22)7)23(18(3)4)15-24(42-20(6)35)28-31-21(16-43-28)30(39)40/h16,18-19,22-24,26H,8-15,17H2,1-7H3,(H,32,37)(H,39,40)/t19-,22?,23+,24+,26?/m0/s1. The number of hydrogen-bond donors (Lipinski definition) is 2. The summed E-state index contributed by atoms with van der Waals surface area (Å²) in [7, 11) is 1.90. The molecule has 13 heteroatoms. The van der Waals surface area contributed by atoms with Gasteiger partial charge in [-0.15, -0.1) is 11.3 Å². The minimum atomic E-state index is -1.21. The summed E-state index contributed by atoms with van der Waals surface area (Å²) in [6.45, 7) is 11.2. The molecule has 0 radical (unpaired) electrons. The van der Waals surface area contributed by atoms with Gasteiger partial charge < -0.3 is 24.8 Å². The number of ether oxygens (including phenoxy) is 2. The quantitative estimate of drug-likeness (QED) is 0.204. The Bertz CT molecular complexity index is 1110. The number of likely N-dealkylation sites (tertiary alicyclic amines) is 1. The molecule has 0 bridgehead atoms. The van der Waals surface area contributed by atoms with Crippen molar-refractivity contribution in [2.75, 3.05) is 20.3 Å². The van der Waals surface area contributed by atoms with E-state index in [2.05, 4.69) is 10.3 Å². The molecule has 0 aromatic carbocycles. The third-order valence-electron chi connectivity index (χ3n) is 7.90. The van der Waals surface area contributed by atoms with Crippen LogP contribution in [0.1, 0.15) is 108 Å². The number of rotatable bonds is 16. The number of carbonyl (C=O) groups excluding carboxylic acids is 4. The highest BCUT2D eigenvalue weighted by atomic mass is 32.1. The number of aromatic nitrogens is 1. The van der Waals surface area contributed by atoms with Gasteiger partial charge >= 0.3 is 17.9 Å². The van der Waals surface area contributed by atoms with Crippen LogP contribution in [0.5, 0.6) is 0 Å². The van der Waals surface area contributed by atoms with E-state index in [1.54, 1.807) is 0 Å². The molecular weight excluding hydrogens is 576 g/mol. The number of carbonyl (C=O) groups is 5. The molecule has 1 aromatic heterocycles. The van der Waals surface area contributed by atoms with Crippen molar-refractivity contribution in [1.82, 2.24) is 20.1 Å². The second-order valence-corrected chi connectivity index (χ2v) is 12.5. The van der Waals surface area contributed by atoms with Crippen LogP contribution in [0.3, 0.4) is 0 Å². The number of hydrogen-bond acceptors (Lipinski definition) is 10. The Hall–Kier alpha value is -3.06. The van der Waals surface area contributed by atoms with E-state index in [1.807, 2.05) is 46.6 Å². The van der Waals surface area contributed by atoms with Crippen LogP contribution >= 0.6 is 11.3 Å². The number of piperidine rings is 1. The molecule has 1 aliphatic heterocycles. The highest BCUT2D eigenvalue weighted by Gasteiger charge is 2.39. The first-order chi connectivity index (χ1) is 20.3. The molecule has 1 aromatic rings. The SMILES string of the molecule is CCCC(=O)OCN(C(=O)C(NC(=O)C1CCCCN1C)[C@@H](C)CC)[C@H](C[C@@H](OC(C)=O)c1nc(C(=O)O)cs1)C(C)C. The number of aromatic carboxylic acids is 1. The van der Waals surface area contributed by atoms with Gasteiger partial charge in [-0.1, -0.05) is 47.5 Å². The molecule has 0 spiro atoms. The first-order valence-corrected chi connectivity index (χ1v) is 16.0. The molecule has 242 valence electrons. The van der Waals surface area contributed by atoms with Crippen molar-refractivity contribution in [1.29, 1.82) is 0 Å². The first-order valence-electron chi connectivity index (χ1n) is 15.1. The van der Waals surface area contributed by atoms with Gasteiger partial charge in [0.25, 0.3) is 0 Å². The van der Waals surface area contributed by atoms with Crippen molar-refractivity contribution in [3.63, 3.8) is 0 Å². The molecule has 12 nitrogen and oxygen atoms in total. The van der Waals surface area contributed by atoms with Gasteiger partial charge in [0.05, 0.1) is 6.04 Å². The van der Waals surface area contributed by atoms with Gasteiger partial charge in [0.15, 0.2) is 18.5 Å². The van der Waals surface area contributed by atoms with Gasteiger partial charge in [0.1, 0.15) is 11.0 Å². The van der Waals surface area contributed by atoms with Crippen LogP contribution in [0, 0.1) is 11.8 Å². The second kappa shape index (κ2) is 17.3. The van der Waals surface area contributed by atoms with Gasteiger partial charge in [-0.2, -0.15) is 0 Å². The highest BCUT2D eigenvalue weighted by Crippen LogP contribution is 2.31. The number of likely N-dealkylation sites (N-methyl/N-ethyl adjacent to an activating group) is 1. The Morgan fingerprint density at radius 2 is 1.88 bits per heavy atom. The van der Waals surface area contributed by atoms with E-state index in [-0.39, 0.29) is 54.1 Å². The lowest BCUT2D eigenvalue weighted by atomic mass is 9.92. The predicted molar refractivity (Wildman–Crippen MR) is 161 cm³/mol. The third kappa shape index (κ3) is 10.6. The topological polar surface area (TPSA) is 155 Å². The Labute approximate surface area is 258 Å². The van der Waals surface area contributed by atoms with Crippen LogP contribution in [0.25, 0.3) is 0 Å². The summed E-state index contributed by atoms with van der Waals surface area (Å²) in [5, 5.41) is 14.0. The van der Waals surface area contributed by atoms with Crippen LogP contribution in [-0.4, -0.2) is 88.1 Å². The average molecular weight is 625 g/mol. The first kappa shape index (κ1) is 36.1.